The van der Waals surface area contributed by atoms with Crippen LogP contribution < -0.4 is 4.74 Å². The molecule has 0 amide bonds. The van der Waals surface area contributed by atoms with Gasteiger partial charge in [-0.3, -0.25) is 10.1 Å². The first-order valence-electron chi connectivity index (χ1n) is 6.29. The van der Waals surface area contributed by atoms with E-state index in [1.54, 1.807) is 18.2 Å². The zero-order valence-electron chi connectivity index (χ0n) is 11.3. The SMILES string of the molecule is CCc1cccc(Oc2ccc(C(=O)O)cc2[N+](=O)[O-])c1. The van der Waals surface area contributed by atoms with Crippen molar-refractivity contribution < 1.29 is 19.6 Å². The number of carboxylic acid groups (broad SMARTS) is 1. The summed E-state index contributed by atoms with van der Waals surface area (Å²) in [4.78, 5) is 21.2. The Morgan fingerprint density at radius 1 is 1.29 bits per heavy atom. The summed E-state index contributed by atoms with van der Waals surface area (Å²) in [7, 11) is 0. The van der Waals surface area contributed by atoms with Gasteiger partial charge in [-0.25, -0.2) is 4.79 Å². The van der Waals surface area contributed by atoms with Gasteiger partial charge in [0.05, 0.1) is 10.5 Å². The normalized spacial score (nSPS) is 10.1. The minimum absolute atomic E-state index is 0.0123. The van der Waals surface area contributed by atoms with Crippen LogP contribution in [0.1, 0.15) is 22.8 Å². The van der Waals surface area contributed by atoms with Gasteiger partial charge in [-0.1, -0.05) is 19.1 Å². The number of rotatable bonds is 5. The first-order chi connectivity index (χ1) is 10.0. The van der Waals surface area contributed by atoms with Crippen LogP contribution in [0.5, 0.6) is 11.5 Å². The van der Waals surface area contributed by atoms with Crippen LogP contribution in [-0.2, 0) is 6.42 Å². The third-order valence-electron chi connectivity index (χ3n) is 2.94. The van der Waals surface area contributed by atoms with Gasteiger partial charge in [-0.05, 0) is 36.2 Å². The molecule has 0 aliphatic carbocycles. The molecule has 0 spiro atoms. The van der Waals surface area contributed by atoms with Crippen molar-refractivity contribution in [3.63, 3.8) is 0 Å². The maximum Gasteiger partial charge on any atom is 0.335 e. The Morgan fingerprint density at radius 2 is 2.05 bits per heavy atom. The van der Waals surface area contributed by atoms with Gasteiger partial charge in [0.15, 0.2) is 0 Å². The Morgan fingerprint density at radius 3 is 2.67 bits per heavy atom. The lowest BCUT2D eigenvalue weighted by Crippen LogP contribution is -2.00. The van der Waals surface area contributed by atoms with Crippen LogP contribution in [0.4, 0.5) is 5.69 Å². The molecule has 108 valence electrons. The molecule has 0 bridgehead atoms. The predicted octanol–water partition coefficient (Wildman–Crippen LogP) is 3.65. The van der Waals surface area contributed by atoms with E-state index < -0.39 is 10.9 Å². The monoisotopic (exact) mass is 287 g/mol. The highest BCUT2D eigenvalue weighted by Gasteiger charge is 2.19. The van der Waals surface area contributed by atoms with Crippen LogP contribution in [0.15, 0.2) is 42.5 Å². The summed E-state index contributed by atoms with van der Waals surface area (Å²) in [5.74, 6) is -0.739. The number of ether oxygens (including phenoxy) is 1. The van der Waals surface area contributed by atoms with Crippen molar-refractivity contribution in [1.82, 2.24) is 0 Å². The van der Waals surface area contributed by atoms with Gasteiger partial charge in [0.2, 0.25) is 5.75 Å². The van der Waals surface area contributed by atoms with Crippen molar-refractivity contribution in [3.8, 4) is 11.5 Å². The van der Waals surface area contributed by atoms with Gasteiger partial charge in [0.25, 0.3) is 0 Å². The molecule has 0 saturated carbocycles. The Kier molecular flexibility index (Phi) is 4.18. The average molecular weight is 287 g/mol. The Labute approximate surface area is 120 Å². The number of aryl methyl sites for hydroxylation is 1. The maximum absolute atomic E-state index is 11.0. The van der Waals surface area contributed by atoms with E-state index in [2.05, 4.69) is 0 Å². The first kappa shape index (κ1) is 14.5. The van der Waals surface area contributed by atoms with Crippen LogP contribution in [0, 0.1) is 10.1 Å². The molecule has 0 saturated heterocycles. The number of carbonyl (C=O) groups is 1. The molecular formula is C15H13NO5. The second-order valence-electron chi connectivity index (χ2n) is 4.35. The molecular weight excluding hydrogens is 274 g/mol. The lowest BCUT2D eigenvalue weighted by Gasteiger charge is -2.08. The van der Waals surface area contributed by atoms with Gasteiger partial charge in [-0.2, -0.15) is 0 Å². The van der Waals surface area contributed by atoms with Gasteiger partial charge >= 0.3 is 11.7 Å². The van der Waals surface area contributed by atoms with Crippen molar-refractivity contribution in [2.75, 3.05) is 0 Å². The number of nitro benzene ring substituents is 1. The Bertz CT molecular complexity index is 696. The summed E-state index contributed by atoms with van der Waals surface area (Å²) in [6.07, 6.45) is 0.817. The van der Waals surface area contributed by atoms with E-state index in [1.165, 1.54) is 12.1 Å². The fourth-order valence-electron chi connectivity index (χ4n) is 1.84. The lowest BCUT2D eigenvalue weighted by atomic mass is 10.1. The molecule has 0 aromatic heterocycles. The highest BCUT2D eigenvalue weighted by molar-refractivity contribution is 5.88. The zero-order valence-corrected chi connectivity index (χ0v) is 11.3. The molecule has 0 atom stereocenters. The third-order valence-corrected chi connectivity index (χ3v) is 2.94. The summed E-state index contributed by atoms with van der Waals surface area (Å²) < 4.78 is 5.51. The van der Waals surface area contributed by atoms with Crippen LogP contribution in [0.3, 0.4) is 0 Å². The zero-order chi connectivity index (χ0) is 15.4. The molecule has 0 unspecified atom stereocenters. The molecule has 2 rings (SSSR count). The number of benzene rings is 2. The fraction of sp³-hybridized carbons (Fsp3) is 0.133. The molecule has 0 aliphatic rings. The quantitative estimate of drug-likeness (QED) is 0.669. The molecule has 0 heterocycles. The third kappa shape index (κ3) is 3.36. The molecule has 0 radical (unpaired) electrons. The van der Waals surface area contributed by atoms with E-state index in [0.29, 0.717) is 5.75 Å². The van der Waals surface area contributed by atoms with E-state index in [0.717, 1.165) is 18.1 Å². The van der Waals surface area contributed by atoms with Crippen LogP contribution in [0.25, 0.3) is 0 Å². The van der Waals surface area contributed by atoms with E-state index in [9.17, 15) is 14.9 Å². The number of nitrogens with zero attached hydrogens (tertiary/aromatic N) is 1. The minimum atomic E-state index is -1.22. The predicted molar refractivity (Wildman–Crippen MR) is 75.9 cm³/mol. The molecule has 1 N–H and O–H groups in total. The molecule has 2 aromatic rings. The van der Waals surface area contributed by atoms with Gasteiger partial charge in [0, 0.05) is 6.07 Å². The summed E-state index contributed by atoms with van der Waals surface area (Å²) >= 11 is 0. The highest BCUT2D eigenvalue weighted by atomic mass is 16.6. The van der Waals surface area contributed by atoms with Crippen molar-refractivity contribution >= 4 is 11.7 Å². The van der Waals surface area contributed by atoms with Crippen LogP contribution >= 0.6 is 0 Å². The minimum Gasteiger partial charge on any atom is -0.478 e. The number of hydrogen-bond acceptors (Lipinski definition) is 4. The van der Waals surface area contributed by atoms with E-state index in [4.69, 9.17) is 9.84 Å². The Balaban J connectivity index is 2.38. The van der Waals surface area contributed by atoms with Crippen molar-refractivity contribution in [3.05, 3.63) is 63.7 Å². The first-order valence-corrected chi connectivity index (χ1v) is 6.29. The van der Waals surface area contributed by atoms with Gasteiger partial charge in [0.1, 0.15) is 5.75 Å². The molecule has 0 aliphatic heterocycles. The van der Waals surface area contributed by atoms with Crippen LogP contribution in [-0.4, -0.2) is 16.0 Å². The van der Waals surface area contributed by atoms with E-state index >= 15 is 0 Å². The van der Waals surface area contributed by atoms with Crippen molar-refractivity contribution in [2.45, 2.75) is 13.3 Å². The van der Waals surface area contributed by atoms with Crippen molar-refractivity contribution in [2.24, 2.45) is 0 Å². The number of carboxylic acids is 1. The summed E-state index contributed by atoms with van der Waals surface area (Å²) in [5, 5.41) is 19.9. The highest BCUT2D eigenvalue weighted by Crippen LogP contribution is 2.32. The summed E-state index contributed by atoms with van der Waals surface area (Å²) in [6, 6.07) is 10.7. The number of hydrogen-bond donors (Lipinski definition) is 1. The van der Waals surface area contributed by atoms with E-state index in [1.807, 2.05) is 13.0 Å². The van der Waals surface area contributed by atoms with Crippen molar-refractivity contribution in [1.29, 1.82) is 0 Å². The summed E-state index contributed by atoms with van der Waals surface area (Å²) in [5.41, 5.74) is 0.505. The Hall–Kier alpha value is -2.89. The average Bonchev–Trinajstić information content (AvgIpc) is 2.47. The van der Waals surface area contributed by atoms with Gasteiger partial charge < -0.3 is 9.84 Å². The topological polar surface area (TPSA) is 89.7 Å². The maximum atomic E-state index is 11.0. The summed E-state index contributed by atoms with van der Waals surface area (Å²) in [6.45, 7) is 1.99. The number of aromatic carboxylic acids is 1. The molecule has 6 nitrogen and oxygen atoms in total. The van der Waals surface area contributed by atoms with Crippen LogP contribution in [0.2, 0.25) is 0 Å². The molecule has 2 aromatic carbocycles. The fourth-order valence-corrected chi connectivity index (χ4v) is 1.84. The molecule has 6 heteroatoms. The molecule has 21 heavy (non-hydrogen) atoms. The lowest BCUT2D eigenvalue weighted by molar-refractivity contribution is -0.385. The standard InChI is InChI=1S/C15H13NO5/c1-2-10-4-3-5-12(8-10)21-14-7-6-11(15(17)18)9-13(14)16(19)20/h3-9H,2H2,1H3,(H,17,18). The molecule has 0 fully saturated rings. The van der Waals surface area contributed by atoms with Gasteiger partial charge in [-0.15, -0.1) is 0 Å². The second-order valence-corrected chi connectivity index (χ2v) is 4.35. The van der Waals surface area contributed by atoms with E-state index in [-0.39, 0.29) is 17.0 Å². The number of nitro groups is 1. The second kappa shape index (κ2) is 6.04. The smallest absolute Gasteiger partial charge is 0.335 e. The largest absolute Gasteiger partial charge is 0.478 e.